The number of carbonyl (C=O) groups is 1. The summed E-state index contributed by atoms with van der Waals surface area (Å²) in [5, 5.41) is 7.41. The van der Waals surface area contributed by atoms with Gasteiger partial charge in [-0.3, -0.25) is 4.79 Å². The van der Waals surface area contributed by atoms with Crippen molar-refractivity contribution in [2.45, 2.75) is 26.9 Å². The van der Waals surface area contributed by atoms with E-state index in [4.69, 9.17) is 20.9 Å². The predicted octanol–water partition coefficient (Wildman–Crippen LogP) is 5.34. The Hall–Kier alpha value is -2.79. The van der Waals surface area contributed by atoms with E-state index in [2.05, 4.69) is 10.5 Å². The molecule has 0 atom stereocenters. The molecule has 0 fully saturated rings. The Kier molecular flexibility index (Phi) is 5.28. The second-order valence-corrected chi connectivity index (χ2v) is 6.47. The summed E-state index contributed by atoms with van der Waals surface area (Å²) in [7, 11) is 0. The minimum Gasteiger partial charge on any atom is -0.489 e. The molecule has 1 amide bonds. The van der Waals surface area contributed by atoms with Crippen LogP contribution in [0.2, 0.25) is 5.02 Å². The van der Waals surface area contributed by atoms with Crippen LogP contribution in [0.1, 0.15) is 30.0 Å². The minimum atomic E-state index is -0.335. The van der Waals surface area contributed by atoms with E-state index >= 15 is 0 Å². The first-order valence-corrected chi connectivity index (χ1v) is 8.63. The highest BCUT2D eigenvalue weighted by atomic mass is 35.5. The number of nitrogens with zero attached hydrogens (tertiary/aromatic N) is 1. The maximum Gasteiger partial charge on any atom is 0.261 e. The lowest BCUT2D eigenvalue weighted by molar-refractivity contribution is 0.102. The van der Waals surface area contributed by atoms with Crippen molar-refractivity contribution in [1.82, 2.24) is 5.16 Å². The third kappa shape index (κ3) is 3.73. The third-order valence-electron chi connectivity index (χ3n) is 3.72. The van der Waals surface area contributed by atoms with Crippen LogP contribution >= 0.6 is 11.6 Å². The van der Waals surface area contributed by atoms with Gasteiger partial charge in [-0.05, 0) is 39.0 Å². The van der Waals surface area contributed by atoms with Crippen molar-refractivity contribution in [3.63, 3.8) is 0 Å². The van der Waals surface area contributed by atoms with Crippen molar-refractivity contribution in [3.05, 3.63) is 64.9 Å². The van der Waals surface area contributed by atoms with Crippen molar-refractivity contribution in [1.29, 1.82) is 0 Å². The molecule has 0 radical (unpaired) electrons. The molecule has 2 aromatic carbocycles. The molecule has 134 valence electrons. The van der Waals surface area contributed by atoms with Gasteiger partial charge < -0.3 is 14.6 Å². The lowest BCUT2D eigenvalue weighted by Gasteiger charge is -2.14. The number of aromatic nitrogens is 1. The number of carbonyl (C=O) groups excluding carboxylic acids is 1. The van der Waals surface area contributed by atoms with Crippen LogP contribution in [0.15, 0.2) is 53.1 Å². The first-order valence-electron chi connectivity index (χ1n) is 8.25. The number of halogens is 1. The molecule has 26 heavy (non-hydrogen) atoms. The van der Waals surface area contributed by atoms with E-state index in [1.54, 1.807) is 25.1 Å². The Morgan fingerprint density at radius 2 is 1.85 bits per heavy atom. The van der Waals surface area contributed by atoms with Gasteiger partial charge in [-0.25, -0.2) is 0 Å². The highest BCUT2D eigenvalue weighted by Crippen LogP contribution is 2.32. The first-order chi connectivity index (χ1) is 12.5. The number of anilines is 1. The molecule has 0 aliphatic carbocycles. The molecule has 0 aliphatic heterocycles. The second kappa shape index (κ2) is 7.62. The third-order valence-corrected chi connectivity index (χ3v) is 4.05. The number of nitrogens with one attached hydrogen (secondary N) is 1. The monoisotopic (exact) mass is 370 g/mol. The van der Waals surface area contributed by atoms with E-state index in [0.29, 0.717) is 39.0 Å². The van der Waals surface area contributed by atoms with Crippen LogP contribution in [0.3, 0.4) is 0 Å². The van der Waals surface area contributed by atoms with Crippen molar-refractivity contribution in [3.8, 4) is 17.0 Å². The Morgan fingerprint density at radius 3 is 2.58 bits per heavy atom. The molecule has 0 saturated carbocycles. The molecule has 3 aromatic rings. The second-order valence-electron chi connectivity index (χ2n) is 6.06. The van der Waals surface area contributed by atoms with Crippen LogP contribution in [0.25, 0.3) is 11.3 Å². The maximum atomic E-state index is 12.9. The van der Waals surface area contributed by atoms with Crippen molar-refractivity contribution >= 4 is 23.2 Å². The zero-order valence-corrected chi connectivity index (χ0v) is 15.5. The van der Waals surface area contributed by atoms with E-state index < -0.39 is 0 Å². The quantitative estimate of drug-likeness (QED) is 0.658. The van der Waals surface area contributed by atoms with Crippen molar-refractivity contribution in [2.24, 2.45) is 0 Å². The molecule has 0 aliphatic rings. The molecule has 0 unspecified atom stereocenters. The van der Waals surface area contributed by atoms with Gasteiger partial charge in [-0.2, -0.15) is 0 Å². The van der Waals surface area contributed by atoms with Crippen LogP contribution in [0, 0.1) is 6.92 Å². The summed E-state index contributed by atoms with van der Waals surface area (Å²) in [4.78, 5) is 12.9. The summed E-state index contributed by atoms with van der Waals surface area (Å²) < 4.78 is 11.0. The van der Waals surface area contributed by atoms with Gasteiger partial charge in [-0.1, -0.05) is 47.1 Å². The number of benzene rings is 2. The Labute approximate surface area is 156 Å². The van der Waals surface area contributed by atoms with Gasteiger partial charge in [0.1, 0.15) is 22.8 Å². The Balaban J connectivity index is 1.96. The predicted molar refractivity (Wildman–Crippen MR) is 102 cm³/mol. The maximum absolute atomic E-state index is 12.9. The lowest BCUT2D eigenvalue weighted by atomic mass is 10.1. The fraction of sp³-hybridized carbons (Fsp3) is 0.200. The van der Waals surface area contributed by atoms with E-state index in [-0.39, 0.29) is 12.0 Å². The first kappa shape index (κ1) is 18.0. The molecule has 6 heteroatoms. The van der Waals surface area contributed by atoms with Crippen molar-refractivity contribution < 1.29 is 14.1 Å². The number of para-hydroxylation sites is 2. The number of rotatable bonds is 5. The number of amides is 1. The van der Waals surface area contributed by atoms with Gasteiger partial charge in [0.15, 0.2) is 0 Å². The van der Waals surface area contributed by atoms with Crippen LogP contribution in [-0.2, 0) is 0 Å². The largest absolute Gasteiger partial charge is 0.489 e. The van der Waals surface area contributed by atoms with Gasteiger partial charge in [0.2, 0.25) is 0 Å². The molecule has 0 saturated heterocycles. The summed E-state index contributed by atoms with van der Waals surface area (Å²) in [6.45, 7) is 5.55. The minimum absolute atomic E-state index is 0.0101. The molecule has 1 N–H and O–H groups in total. The molecule has 0 spiro atoms. The molecule has 3 rings (SSSR count). The fourth-order valence-corrected chi connectivity index (χ4v) is 2.81. The van der Waals surface area contributed by atoms with E-state index in [0.717, 1.165) is 0 Å². The van der Waals surface area contributed by atoms with E-state index in [9.17, 15) is 4.79 Å². The molecular formula is C20H19ClN2O3. The number of hydrogen-bond donors (Lipinski definition) is 1. The van der Waals surface area contributed by atoms with Crippen molar-refractivity contribution in [2.75, 3.05) is 5.32 Å². The van der Waals surface area contributed by atoms with Crippen LogP contribution in [0.4, 0.5) is 5.69 Å². The Morgan fingerprint density at radius 1 is 1.15 bits per heavy atom. The summed E-state index contributed by atoms with van der Waals surface area (Å²) in [5.41, 5.74) is 1.98. The summed E-state index contributed by atoms with van der Waals surface area (Å²) >= 11 is 6.25. The summed E-state index contributed by atoms with van der Waals surface area (Å²) in [5.74, 6) is 0.683. The SMILES string of the molecule is Cc1onc(-c2ccccc2Cl)c1C(=O)Nc1ccccc1OC(C)C. The van der Waals surface area contributed by atoms with Crippen LogP contribution in [0.5, 0.6) is 5.75 Å². The molecular weight excluding hydrogens is 352 g/mol. The number of aryl methyl sites for hydroxylation is 1. The number of ether oxygens (including phenoxy) is 1. The number of hydrogen-bond acceptors (Lipinski definition) is 4. The highest BCUT2D eigenvalue weighted by molar-refractivity contribution is 6.33. The lowest BCUT2D eigenvalue weighted by Crippen LogP contribution is -2.15. The topological polar surface area (TPSA) is 64.4 Å². The standard InChI is InChI=1S/C20H19ClN2O3/c1-12(2)25-17-11-7-6-10-16(17)22-20(24)18-13(3)26-23-19(18)14-8-4-5-9-15(14)21/h4-12H,1-3H3,(H,22,24). The van der Waals surface area contributed by atoms with Gasteiger partial charge in [0, 0.05) is 5.56 Å². The molecule has 5 nitrogen and oxygen atoms in total. The average molecular weight is 371 g/mol. The van der Waals surface area contributed by atoms with Crippen LogP contribution in [-0.4, -0.2) is 17.2 Å². The molecule has 0 bridgehead atoms. The van der Waals surface area contributed by atoms with E-state index in [1.807, 2.05) is 44.2 Å². The van der Waals surface area contributed by atoms with Gasteiger partial charge in [-0.15, -0.1) is 0 Å². The molecule has 1 aromatic heterocycles. The normalized spacial score (nSPS) is 10.8. The zero-order valence-electron chi connectivity index (χ0n) is 14.7. The Bertz CT molecular complexity index is 934. The van der Waals surface area contributed by atoms with Gasteiger partial charge in [0.05, 0.1) is 16.8 Å². The van der Waals surface area contributed by atoms with Gasteiger partial charge in [0.25, 0.3) is 5.91 Å². The van der Waals surface area contributed by atoms with Gasteiger partial charge >= 0.3 is 0 Å². The summed E-state index contributed by atoms with van der Waals surface area (Å²) in [6, 6.07) is 14.5. The van der Waals surface area contributed by atoms with E-state index in [1.165, 1.54) is 0 Å². The average Bonchev–Trinajstić information content (AvgIpc) is 2.98. The summed E-state index contributed by atoms with van der Waals surface area (Å²) in [6.07, 6.45) is -0.0101. The van der Waals surface area contributed by atoms with Crippen LogP contribution < -0.4 is 10.1 Å². The smallest absolute Gasteiger partial charge is 0.261 e. The highest BCUT2D eigenvalue weighted by Gasteiger charge is 2.23. The fourth-order valence-electron chi connectivity index (χ4n) is 2.59. The zero-order chi connectivity index (χ0) is 18.7. The molecule has 1 heterocycles.